The van der Waals surface area contributed by atoms with Crippen molar-refractivity contribution in [1.82, 2.24) is 20.0 Å². The summed E-state index contributed by atoms with van der Waals surface area (Å²) in [5, 5.41) is 18.4. The highest BCUT2D eigenvalue weighted by Gasteiger charge is 2.05. The quantitative estimate of drug-likeness (QED) is 0.706. The number of nitrogens with zero attached hydrogens (tertiary/aromatic N) is 4. The summed E-state index contributed by atoms with van der Waals surface area (Å²) in [5.41, 5.74) is 1.10. The van der Waals surface area contributed by atoms with Crippen LogP contribution in [0.1, 0.15) is 17.3 Å². The van der Waals surface area contributed by atoms with Gasteiger partial charge in [-0.15, -0.1) is 5.10 Å². The summed E-state index contributed by atoms with van der Waals surface area (Å²) in [6.45, 7) is 2.64. The molecule has 0 aliphatic heterocycles. The third-order valence-corrected chi connectivity index (χ3v) is 2.12. The topological polar surface area (TPSA) is 83.7 Å². The molecule has 0 unspecified atom stereocenters. The molecular weight excluding hydrogens is 208 g/mol. The van der Waals surface area contributed by atoms with Crippen LogP contribution in [-0.2, 0) is 6.54 Å². The van der Waals surface area contributed by atoms with Gasteiger partial charge >= 0.3 is 0 Å². The average Bonchev–Trinajstić information content (AvgIpc) is 2.77. The van der Waals surface area contributed by atoms with E-state index in [1.54, 1.807) is 10.9 Å². The maximum atomic E-state index is 10.7. The zero-order chi connectivity index (χ0) is 11.5. The van der Waals surface area contributed by atoms with Gasteiger partial charge in [0, 0.05) is 18.3 Å². The van der Waals surface area contributed by atoms with E-state index in [0.717, 1.165) is 0 Å². The molecule has 2 aromatic heterocycles. The molecule has 0 N–H and O–H groups in total. The lowest BCUT2D eigenvalue weighted by Gasteiger charge is -2.02. The second-order valence-electron chi connectivity index (χ2n) is 3.18. The van der Waals surface area contributed by atoms with Crippen molar-refractivity contribution in [2.24, 2.45) is 0 Å². The van der Waals surface area contributed by atoms with Crippen LogP contribution >= 0.6 is 0 Å². The van der Waals surface area contributed by atoms with E-state index in [4.69, 9.17) is 0 Å². The monoisotopic (exact) mass is 217 g/mol. The second kappa shape index (κ2) is 4.09. The van der Waals surface area contributed by atoms with Crippen LogP contribution in [0.3, 0.4) is 0 Å². The molecule has 0 bridgehead atoms. The molecule has 6 nitrogen and oxygen atoms in total. The number of aromatic carboxylic acids is 1. The van der Waals surface area contributed by atoms with Gasteiger partial charge in [0.15, 0.2) is 0 Å². The summed E-state index contributed by atoms with van der Waals surface area (Å²) in [7, 11) is 0. The molecular formula is C10H9N4O2-. The van der Waals surface area contributed by atoms with E-state index in [1.165, 1.54) is 18.3 Å². The molecule has 0 spiro atoms. The third-order valence-electron chi connectivity index (χ3n) is 2.12. The van der Waals surface area contributed by atoms with Crippen LogP contribution in [0, 0.1) is 0 Å². The Morgan fingerprint density at radius 2 is 2.31 bits per heavy atom. The number of rotatable bonds is 3. The van der Waals surface area contributed by atoms with Crippen LogP contribution in [0.2, 0.25) is 0 Å². The fourth-order valence-electron chi connectivity index (χ4n) is 1.27. The molecule has 0 saturated heterocycles. The van der Waals surface area contributed by atoms with Gasteiger partial charge in [-0.25, -0.2) is 0 Å². The van der Waals surface area contributed by atoms with E-state index in [9.17, 15) is 9.90 Å². The SMILES string of the molecule is CCn1cc(-c2cc(C(=O)[O-])ccn2)nn1. The Morgan fingerprint density at radius 3 is 2.94 bits per heavy atom. The summed E-state index contributed by atoms with van der Waals surface area (Å²) in [4.78, 5) is 14.7. The first kappa shape index (κ1) is 10.3. The maximum Gasteiger partial charge on any atom is 0.131 e. The molecule has 2 aromatic rings. The molecule has 82 valence electrons. The summed E-state index contributed by atoms with van der Waals surface area (Å²) < 4.78 is 1.64. The van der Waals surface area contributed by atoms with Gasteiger partial charge in [0.05, 0.1) is 17.9 Å². The number of hydrogen-bond acceptors (Lipinski definition) is 5. The van der Waals surface area contributed by atoms with Crippen molar-refractivity contribution in [2.75, 3.05) is 0 Å². The summed E-state index contributed by atoms with van der Waals surface area (Å²) in [5.74, 6) is -1.23. The van der Waals surface area contributed by atoms with Crippen molar-refractivity contribution in [2.45, 2.75) is 13.5 Å². The minimum atomic E-state index is -1.23. The molecule has 0 aliphatic carbocycles. The third kappa shape index (κ3) is 1.90. The molecule has 2 heterocycles. The molecule has 0 aromatic carbocycles. The smallest absolute Gasteiger partial charge is 0.131 e. The summed E-state index contributed by atoms with van der Waals surface area (Å²) in [6, 6.07) is 2.79. The van der Waals surface area contributed by atoms with Crippen LogP contribution in [0.25, 0.3) is 11.4 Å². The predicted octanol–water partition coefficient (Wildman–Crippen LogP) is -0.277. The first-order valence-electron chi connectivity index (χ1n) is 4.78. The standard InChI is InChI=1S/C10H10N4O2/c1-2-14-6-9(12-13-14)8-5-7(10(15)16)3-4-11-8/h3-6H,2H2,1H3,(H,15,16)/p-1. The van der Waals surface area contributed by atoms with Gasteiger partial charge in [0.1, 0.15) is 5.69 Å². The van der Waals surface area contributed by atoms with Gasteiger partial charge in [-0.05, 0) is 19.1 Å². The highest BCUT2D eigenvalue weighted by molar-refractivity contribution is 5.86. The number of aromatic nitrogens is 4. The fourth-order valence-corrected chi connectivity index (χ4v) is 1.27. The van der Waals surface area contributed by atoms with Crippen molar-refractivity contribution in [1.29, 1.82) is 0 Å². The van der Waals surface area contributed by atoms with Crippen molar-refractivity contribution < 1.29 is 9.90 Å². The lowest BCUT2D eigenvalue weighted by molar-refractivity contribution is -0.255. The van der Waals surface area contributed by atoms with Gasteiger partial charge in [-0.3, -0.25) is 9.67 Å². The van der Waals surface area contributed by atoms with E-state index in [-0.39, 0.29) is 5.56 Å². The first-order valence-corrected chi connectivity index (χ1v) is 4.78. The van der Waals surface area contributed by atoms with Crippen LogP contribution in [0.4, 0.5) is 0 Å². The van der Waals surface area contributed by atoms with Crippen molar-refractivity contribution >= 4 is 5.97 Å². The Hall–Kier alpha value is -2.24. The summed E-state index contributed by atoms with van der Waals surface area (Å²) in [6.07, 6.45) is 3.12. The number of carbonyl (C=O) groups excluding carboxylic acids is 1. The van der Waals surface area contributed by atoms with Crippen molar-refractivity contribution in [3.05, 3.63) is 30.1 Å². The largest absolute Gasteiger partial charge is 0.545 e. The van der Waals surface area contributed by atoms with Crippen LogP contribution in [-0.4, -0.2) is 25.9 Å². The number of pyridine rings is 1. The van der Waals surface area contributed by atoms with Crippen LogP contribution in [0.15, 0.2) is 24.5 Å². The average molecular weight is 217 g/mol. The fraction of sp³-hybridized carbons (Fsp3) is 0.200. The number of carboxylic acid groups (broad SMARTS) is 1. The number of carbonyl (C=O) groups is 1. The number of hydrogen-bond donors (Lipinski definition) is 0. The second-order valence-corrected chi connectivity index (χ2v) is 3.18. The molecule has 0 atom stereocenters. The highest BCUT2D eigenvalue weighted by Crippen LogP contribution is 2.14. The van der Waals surface area contributed by atoms with Gasteiger partial charge in [-0.2, -0.15) is 0 Å². The minimum absolute atomic E-state index is 0.0797. The van der Waals surface area contributed by atoms with E-state index < -0.39 is 5.97 Å². The Labute approximate surface area is 91.6 Å². The normalized spacial score (nSPS) is 10.3. The Balaban J connectivity index is 2.40. The first-order chi connectivity index (χ1) is 7.70. The lowest BCUT2D eigenvalue weighted by atomic mass is 10.2. The molecule has 0 amide bonds. The Bertz CT molecular complexity index is 521. The van der Waals surface area contributed by atoms with Crippen LogP contribution < -0.4 is 5.11 Å². The van der Waals surface area contributed by atoms with Gasteiger partial charge in [0.25, 0.3) is 0 Å². The van der Waals surface area contributed by atoms with E-state index in [2.05, 4.69) is 15.3 Å². The molecule has 2 rings (SSSR count). The molecule has 0 radical (unpaired) electrons. The Morgan fingerprint density at radius 1 is 1.50 bits per heavy atom. The maximum absolute atomic E-state index is 10.7. The minimum Gasteiger partial charge on any atom is -0.545 e. The van der Waals surface area contributed by atoms with Crippen molar-refractivity contribution in [3.8, 4) is 11.4 Å². The van der Waals surface area contributed by atoms with E-state index in [1.807, 2.05) is 6.92 Å². The van der Waals surface area contributed by atoms with Crippen molar-refractivity contribution in [3.63, 3.8) is 0 Å². The van der Waals surface area contributed by atoms with Crippen LogP contribution in [0.5, 0.6) is 0 Å². The number of aryl methyl sites for hydroxylation is 1. The lowest BCUT2D eigenvalue weighted by Crippen LogP contribution is -2.22. The zero-order valence-electron chi connectivity index (χ0n) is 8.62. The highest BCUT2D eigenvalue weighted by atomic mass is 16.4. The molecule has 0 aliphatic rings. The number of carboxylic acids is 1. The molecule has 0 fully saturated rings. The molecule has 6 heteroatoms. The molecule has 0 saturated carbocycles. The van der Waals surface area contributed by atoms with E-state index >= 15 is 0 Å². The Kier molecular flexibility index (Phi) is 2.63. The van der Waals surface area contributed by atoms with Gasteiger partial charge < -0.3 is 9.90 Å². The molecule has 16 heavy (non-hydrogen) atoms. The van der Waals surface area contributed by atoms with Gasteiger partial charge in [0.2, 0.25) is 0 Å². The predicted molar refractivity (Wildman–Crippen MR) is 53.3 cm³/mol. The summed E-state index contributed by atoms with van der Waals surface area (Å²) >= 11 is 0. The zero-order valence-corrected chi connectivity index (χ0v) is 8.62. The van der Waals surface area contributed by atoms with Gasteiger partial charge in [-0.1, -0.05) is 5.21 Å². The van der Waals surface area contributed by atoms with E-state index in [0.29, 0.717) is 17.9 Å².